The molecule has 3 nitrogen and oxygen atoms in total. The van der Waals surface area contributed by atoms with E-state index in [2.05, 4.69) is 38.2 Å². The molecule has 0 radical (unpaired) electrons. The summed E-state index contributed by atoms with van der Waals surface area (Å²) in [6, 6.07) is 4.48. The third-order valence-electron chi connectivity index (χ3n) is 2.85. The first-order valence-corrected chi connectivity index (χ1v) is 5.77. The number of aryl methyl sites for hydroxylation is 3. The Balaban J connectivity index is 2.60. The SMILES string of the molecule is Cc1cc(C)c(CNCC(N)CN)c(C)c1. The van der Waals surface area contributed by atoms with Gasteiger partial charge < -0.3 is 16.8 Å². The molecule has 0 aliphatic carbocycles. The van der Waals surface area contributed by atoms with Crippen LogP contribution < -0.4 is 16.8 Å². The molecule has 5 N–H and O–H groups in total. The van der Waals surface area contributed by atoms with Crippen LogP contribution in [0.15, 0.2) is 12.1 Å². The fourth-order valence-corrected chi connectivity index (χ4v) is 1.95. The molecule has 0 amide bonds. The molecule has 0 heterocycles. The predicted molar refractivity (Wildman–Crippen MR) is 69.4 cm³/mol. The highest BCUT2D eigenvalue weighted by Crippen LogP contribution is 2.15. The fraction of sp³-hybridized carbons (Fsp3) is 0.538. The molecule has 0 saturated heterocycles. The summed E-state index contributed by atoms with van der Waals surface area (Å²) in [5.74, 6) is 0. The Kier molecular flexibility index (Phi) is 4.93. The van der Waals surface area contributed by atoms with Crippen molar-refractivity contribution in [3.05, 3.63) is 34.4 Å². The fourth-order valence-electron chi connectivity index (χ4n) is 1.95. The molecule has 90 valence electrons. The van der Waals surface area contributed by atoms with Crippen LogP contribution in [0, 0.1) is 20.8 Å². The van der Waals surface area contributed by atoms with E-state index in [1.807, 2.05) is 0 Å². The molecule has 0 fully saturated rings. The maximum atomic E-state index is 5.75. The molecule has 1 atom stereocenters. The predicted octanol–water partition coefficient (Wildman–Crippen LogP) is 0.987. The molecular formula is C13H23N3. The molecule has 0 saturated carbocycles. The average Bonchev–Trinajstić information content (AvgIpc) is 2.21. The Morgan fingerprint density at radius 3 is 2.25 bits per heavy atom. The Bertz CT molecular complexity index is 324. The molecule has 0 aliphatic rings. The minimum absolute atomic E-state index is 0.0473. The molecule has 0 spiro atoms. The van der Waals surface area contributed by atoms with Gasteiger partial charge in [-0.1, -0.05) is 17.7 Å². The van der Waals surface area contributed by atoms with Gasteiger partial charge in [0.1, 0.15) is 0 Å². The molecule has 1 unspecified atom stereocenters. The lowest BCUT2D eigenvalue weighted by Crippen LogP contribution is -2.39. The number of rotatable bonds is 5. The largest absolute Gasteiger partial charge is 0.329 e. The van der Waals surface area contributed by atoms with Gasteiger partial charge in [0.15, 0.2) is 0 Å². The Labute approximate surface area is 98.2 Å². The van der Waals surface area contributed by atoms with Crippen LogP contribution in [0.25, 0.3) is 0 Å². The van der Waals surface area contributed by atoms with Crippen molar-refractivity contribution in [2.24, 2.45) is 11.5 Å². The van der Waals surface area contributed by atoms with Gasteiger partial charge in [-0.3, -0.25) is 0 Å². The van der Waals surface area contributed by atoms with Crippen LogP contribution in [0.2, 0.25) is 0 Å². The number of hydrogen-bond acceptors (Lipinski definition) is 3. The lowest BCUT2D eigenvalue weighted by molar-refractivity contribution is 0.580. The summed E-state index contributed by atoms with van der Waals surface area (Å²) in [7, 11) is 0. The van der Waals surface area contributed by atoms with Crippen molar-refractivity contribution in [2.75, 3.05) is 13.1 Å². The molecule has 1 aromatic rings. The van der Waals surface area contributed by atoms with Gasteiger partial charge in [0.25, 0.3) is 0 Å². The van der Waals surface area contributed by atoms with Crippen LogP contribution >= 0.6 is 0 Å². The number of nitrogens with two attached hydrogens (primary N) is 2. The third kappa shape index (κ3) is 3.59. The van der Waals surface area contributed by atoms with Crippen LogP contribution in [0.3, 0.4) is 0 Å². The Morgan fingerprint density at radius 2 is 1.75 bits per heavy atom. The summed E-state index contributed by atoms with van der Waals surface area (Å²) in [5.41, 5.74) is 16.6. The van der Waals surface area contributed by atoms with E-state index in [4.69, 9.17) is 11.5 Å². The molecule has 16 heavy (non-hydrogen) atoms. The first kappa shape index (κ1) is 13.2. The summed E-state index contributed by atoms with van der Waals surface area (Å²) in [5, 5.41) is 3.35. The van der Waals surface area contributed by atoms with Crippen LogP contribution in [0.1, 0.15) is 22.3 Å². The zero-order valence-electron chi connectivity index (χ0n) is 10.5. The van der Waals surface area contributed by atoms with Crippen molar-refractivity contribution in [3.8, 4) is 0 Å². The van der Waals surface area contributed by atoms with Crippen molar-refractivity contribution in [1.29, 1.82) is 0 Å². The second-order valence-corrected chi connectivity index (χ2v) is 4.50. The number of nitrogens with one attached hydrogen (secondary N) is 1. The maximum absolute atomic E-state index is 5.75. The highest BCUT2D eigenvalue weighted by Gasteiger charge is 2.04. The van der Waals surface area contributed by atoms with Crippen LogP contribution in [-0.4, -0.2) is 19.1 Å². The molecule has 1 aromatic carbocycles. The third-order valence-corrected chi connectivity index (χ3v) is 2.85. The van der Waals surface area contributed by atoms with Crippen molar-refractivity contribution in [3.63, 3.8) is 0 Å². The van der Waals surface area contributed by atoms with E-state index in [0.29, 0.717) is 6.54 Å². The van der Waals surface area contributed by atoms with E-state index in [9.17, 15) is 0 Å². The van der Waals surface area contributed by atoms with Crippen molar-refractivity contribution < 1.29 is 0 Å². The topological polar surface area (TPSA) is 64.1 Å². The standard InChI is InChI=1S/C13H23N3/c1-9-4-10(2)13(11(3)5-9)8-16-7-12(15)6-14/h4-5,12,16H,6-8,14-15H2,1-3H3. The summed E-state index contributed by atoms with van der Waals surface area (Å²) in [6.45, 7) is 8.59. The Hall–Kier alpha value is -0.900. The monoisotopic (exact) mass is 221 g/mol. The summed E-state index contributed by atoms with van der Waals surface area (Å²) >= 11 is 0. The lowest BCUT2D eigenvalue weighted by atomic mass is 10.00. The van der Waals surface area contributed by atoms with Crippen LogP contribution in [-0.2, 0) is 6.54 Å². The van der Waals surface area contributed by atoms with Gasteiger partial charge in [-0.05, 0) is 37.5 Å². The van der Waals surface area contributed by atoms with Gasteiger partial charge in [-0.15, -0.1) is 0 Å². The van der Waals surface area contributed by atoms with Crippen molar-refractivity contribution in [1.82, 2.24) is 5.32 Å². The highest BCUT2D eigenvalue weighted by molar-refractivity contribution is 5.37. The zero-order valence-corrected chi connectivity index (χ0v) is 10.5. The van der Waals surface area contributed by atoms with E-state index in [-0.39, 0.29) is 6.04 Å². The highest BCUT2D eigenvalue weighted by atomic mass is 14.9. The second kappa shape index (κ2) is 5.99. The van der Waals surface area contributed by atoms with Gasteiger partial charge in [0.2, 0.25) is 0 Å². The van der Waals surface area contributed by atoms with Gasteiger partial charge in [0.05, 0.1) is 0 Å². The van der Waals surface area contributed by atoms with E-state index >= 15 is 0 Å². The molecular weight excluding hydrogens is 198 g/mol. The average molecular weight is 221 g/mol. The second-order valence-electron chi connectivity index (χ2n) is 4.50. The zero-order chi connectivity index (χ0) is 12.1. The Morgan fingerprint density at radius 1 is 1.19 bits per heavy atom. The van der Waals surface area contributed by atoms with Crippen LogP contribution in [0.5, 0.6) is 0 Å². The van der Waals surface area contributed by atoms with Crippen molar-refractivity contribution in [2.45, 2.75) is 33.4 Å². The van der Waals surface area contributed by atoms with Crippen molar-refractivity contribution >= 4 is 0 Å². The normalized spacial score (nSPS) is 12.8. The minimum atomic E-state index is 0.0473. The van der Waals surface area contributed by atoms with E-state index in [0.717, 1.165) is 13.1 Å². The molecule has 3 heteroatoms. The van der Waals surface area contributed by atoms with Crippen LogP contribution in [0.4, 0.5) is 0 Å². The van der Waals surface area contributed by atoms with Gasteiger partial charge >= 0.3 is 0 Å². The maximum Gasteiger partial charge on any atom is 0.0290 e. The molecule has 1 rings (SSSR count). The van der Waals surface area contributed by atoms with E-state index in [1.54, 1.807) is 0 Å². The summed E-state index contributed by atoms with van der Waals surface area (Å²) in [4.78, 5) is 0. The van der Waals surface area contributed by atoms with Gasteiger partial charge in [-0.25, -0.2) is 0 Å². The van der Waals surface area contributed by atoms with E-state index < -0.39 is 0 Å². The smallest absolute Gasteiger partial charge is 0.0290 e. The first-order valence-electron chi connectivity index (χ1n) is 5.77. The first-order chi connectivity index (χ1) is 7.54. The minimum Gasteiger partial charge on any atom is -0.329 e. The summed E-state index contributed by atoms with van der Waals surface area (Å²) < 4.78 is 0. The molecule has 0 bridgehead atoms. The van der Waals surface area contributed by atoms with E-state index in [1.165, 1.54) is 22.3 Å². The van der Waals surface area contributed by atoms with Gasteiger partial charge in [-0.2, -0.15) is 0 Å². The summed E-state index contributed by atoms with van der Waals surface area (Å²) in [6.07, 6.45) is 0. The number of hydrogen-bond donors (Lipinski definition) is 3. The quantitative estimate of drug-likeness (QED) is 0.694. The van der Waals surface area contributed by atoms with Gasteiger partial charge in [0, 0.05) is 25.7 Å². The molecule has 0 aromatic heterocycles. The molecule has 0 aliphatic heterocycles. The lowest BCUT2D eigenvalue weighted by Gasteiger charge is -2.14. The number of benzene rings is 1.